The van der Waals surface area contributed by atoms with Gasteiger partial charge in [0, 0.05) is 7.05 Å². The van der Waals surface area contributed by atoms with Crippen LogP contribution in [0.2, 0.25) is 0 Å². The maximum absolute atomic E-state index is 11.3. The van der Waals surface area contributed by atoms with Crippen molar-refractivity contribution in [3.8, 4) is 0 Å². The fourth-order valence-corrected chi connectivity index (χ4v) is 1.57. The lowest BCUT2D eigenvalue weighted by atomic mass is 10.1. The maximum Gasteiger partial charge on any atom is 0.326 e. The van der Waals surface area contributed by atoms with Crippen LogP contribution in [0.25, 0.3) is 11.0 Å². The number of carbonyl (C=O) groups is 1. The number of carboxylic acid groups (broad SMARTS) is 1. The molecular formula is C10H10N2O3. The highest BCUT2D eigenvalue weighted by molar-refractivity contribution is 5.78. The topological polar surface area (TPSA) is 75.1 Å². The molecule has 0 spiro atoms. The van der Waals surface area contributed by atoms with Crippen LogP contribution >= 0.6 is 0 Å². The number of carboxylic acids is 1. The Hall–Kier alpha value is -2.04. The molecule has 0 saturated heterocycles. The van der Waals surface area contributed by atoms with Crippen molar-refractivity contribution in [3.63, 3.8) is 0 Å². The molecule has 15 heavy (non-hydrogen) atoms. The maximum atomic E-state index is 11.3. The van der Waals surface area contributed by atoms with E-state index in [4.69, 9.17) is 5.11 Å². The molecule has 78 valence electrons. The number of aromatic nitrogens is 2. The summed E-state index contributed by atoms with van der Waals surface area (Å²) in [5.74, 6) is -0.882. The molecule has 2 rings (SSSR count). The normalized spacial score (nSPS) is 10.7. The molecule has 0 aliphatic carbocycles. The zero-order valence-corrected chi connectivity index (χ0v) is 8.15. The lowest BCUT2D eigenvalue weighted by Gasteiger charge is -1.97. The van der Waals surface area contributed by atoms with E-state index >= 15 is 0 Å². The minimum atomic E-state index is -0.882. The lowest BCUT2D eigenvalue weighted by molar-refractivity contribution is -0.136. The molecule has 5 heteroatoms. The molecule has 0 unspecified atom stereocenters. The number of rotatable bonds is 2. The molecule has 0 bridgehead atoms. The summed E-state index contributed by atoms with van der Waals surface area (Å²) >= 11 is 0. The minimum Gasteiger partial charge on any atom is -0.481 e. The van der Waals surface area contributed by atoms with Gasteiger partial charge in [0.2, 0.25) is 0 Å². The number of aryl methyl sites for hydroxylation is 1. The molecule has 2 N–H and O–H groups in total. The summed E-state index contributed by atoms with van der Waals surface area (Å²) in [4.78, 5) is 24.4. The highest BCUT2D eigenvalue weighted by Gasteiger charge is 2.05. The van der Waals surface area contributed by atoms with E-state index in [2.05, 4.69) is 4.98 Å². The quantitative estimate of drug-likeness (QED) is 0.751. The Kier molecular flexibility index (Phi) is 2.07. The first-order valence-electron chi connectivity index (χ1n) is 4.47. The molecule has 0 aliphatic heterocycles. The third kappa shape index (κ3) is 1.63. The predicted octanol–water partition coefficient (Wildman–Crippen LogP) is 0.494. The van der Waals surface area contributed by atoms with Gasteiger partial charge < -0.3 is 10.1 Å². The van der Waals surface area contributed by atoms with Crippen molar-refractivity contribution < 1.29 is 9.90 Å². The minimum absolute atomic E-state index is 0.0349. The van der Waals surface area contributed by atoms with Crippen LogP contribution in [-0.4, -0.2) is 20.6 Å². The van der Waals surface area contributed by atoms with Crippen molar-refractivity contribution in [2.24, 2.45) is 7.05 Å². The monoisotopic (exact) mass is 206 g/mol. The van der Waals surface area contributed by atoms with Gasteiger partial charge >= 0.3 is 11.7 Å². The Labute approximate surface area is 85.0 Å². The first-order valence-corrected chi connectivity index (χ1v) is 4.47. The van der Waals surface area contributed by atoms with Crippen LogP contribution in [0.5, 0.6) is 0 Å². The number of aromatic amines is 1. The smallest absolute Gasteiger partial charge is 0.326 e. The van der Waals surface area contributed by atoms with Gasteiger partial charge in [0.05, 0.1) is 17.5 Å². The Morgan fingerprint density at radius 3 is 2.93 bits per heavy atom. The highest BCUT2D eigenvalue weighted by Crippen LogP contribution is 2.12. The van der Waals surface area contributed by atoms with Gasteiger partial charge in [0.15, 0.2) is 0 Å². The number of H-pyrrole nitrogens is 1. The van der Waals surface area contributed by atoms with Crippen molar-refractivity contribution in [2.75, 3.05) is 0 Å². The van der Waals surface area contributed by atoms with Crippen LogP contribution < -0.4 is 5.69 Å². The first-order chi connectivity index (χ1) is 7.08. The van der Waals surface area contributed by atoms with Gasteiger partial charge in [-0.25, -0.2) is 4.79 Å². The molecule has 0 radical (unpaired) electrons. The molecule has 1 heterocycles. The van der Waals surface area contributed by atoms with Crippen molar-refractivity contribution in [3.05, 3.63) is 34.2 Å². The summed E-state index contributed by atoms with van der Waals surface area (Å²) in [6.07, 6.45) is -0.0349. The van der Waals surface area contributed by atoms with Gasteiger partial charge in [0.25, 0.3) is 0 Å². The van der Waals surface area contributed by atoms with E-state index in [0.29, 0.717) is 11.1 Å². The van der Waals surface area contributed by atoms with Gasteiger partial charge in [-0.1, -0.05) is 6.07 Å². The molecule has 0 fully saturated rings. The van der Waals surface area contributed by atoms with E-state index in [0.717, 1.165) is 5.52 Å². The summed E-state index contributed by atoms with van der Waals surface area (Å²) in [5, 5.41) is 8.62. The zero-order valence-electron chi connectivity index (χ0n) is 8.15. The van der Waals surface area contributed by atoms with E-state index in [1.165, 1.54) is 4.57 Å². The van der Waals surface area contributed by atoms with E-state index in [1.807, 2.05) is 0 Å². The van der Waals surface area contributed by atoms with Gasteiger partial charge in [-0.2, -0.15) is 0 Å². The first kappa shape index (κ1) is 9.51. The standard InChI is InChI=1S/C10H10N2O3/c1-12-8-3-2-6(5-9(13)14)4-7(8)11-10(12)15/h2-4H,5H2,1H3,(H,11,15)(H,13,14). The predicted molar refractivity (Wildman–Crippen MR) is 54.9 cm³/mol. The molecule has 1 aromatic carbocycles. The van der Waals surface area contributed by atoms with Gasteiger partial charge in [0.1, 0.15) is 0 Å². The van der Waals surface area contributed by atoms with Crippen LogP contribution in [0.3, 0.4) is 0 Å². The third-order valence-corrected chi connectivity index (χ3v) is 2.32. The molecule has 0 saturated carbocycles. The number of benzene rings is 1. The fourth-order valence-electron chi connectivity index (χ4n) is 1.57. The fraction of sp³-hybridized carbons (Fsp3) is 0.200. The Balaban J connectivity index is 2.57. The second kappa shape index (κ2) is 3.27. The van der Waals surface area contributed by atoms with E-state index in [1.54, 1.807) is 25.2 Å². The molecule has 0 amide bonds. The van der Waals surface area contributed by atoms with Crippen molar-refractivity contribution in [1.29, 1.82) is 0 Å². The summed E-state index contributed by atoms with van der Waals surface area (Å²) in [5.41, 5.74) is 1.92. The van der Waals surface area contributed by atoms with Crippen molar-refractivity contribution in [1.82, 2.24) is 9.55 Å². The largest absolute Gasteiger partial charge is 0.481 e. The summed E-state index contributed by atoms with van der Waals surface area (Å²) in [6.45, 7) is 0. The molecule has 2 aromatic rings. The van der Waals surface area contributed by atoms with Crippen LogP contribution in [0.4, 0.5) is 0 Å². The average Bonchev–Trinajstić information content (AvgIpc) is 2.41. The van der Waals surface area contributed by atoms with E-state index < -0.39 is 5.97 Å². The number of imidazole rings is 1. The molecule has 0 aliphatic rings. The summed E-state index contributed by atoms with van der Waals surface area (Å²) in [7, 11) is 1.66. The van der Waals surface area contributed by atoms with Crippen molar-refractivity contribution in [2.45, 2.75) is 6.42 Å². The Morgan fingerprint density at radius 2 is 2.27 bits per heavy atom. The number of fused-ring (bicyclic) bond motifs is 1. The average molecular weight is 206 g/mol. The second-order valence-electron chi connectivity index (χ2n) is 3.41. The summed E-state index contributed by atoms with van der Waals surface area (Å²) in [6, 6.07) is 5.14. The number of hydrogen-bond acceptors (Lipinski definition) is 2. The van der Waals surface area contributed by atoms with Crippen LogP contribution in [-0.2, 0) is 18.3 Å². The Bertz CT molecular complexity index is 580. The Morgan fingerprint density at radius 1 is 1.53 bits per heavy atom. The highest BCUT2D eigenvalue weighted by atomic mass is 16.4. The van der Waals surface area contributed by atoms with Gasteiger partial charge in [-0.3, -0.25) is 9.36 Å². The van der Waals surface area contributed by atoms with Crippen molar-refractivity contribution >= 4 is 17.0 Å². The zero-order chi connectivity index (χ0) is 11.0. The van der Waals surface area contributed by atoms with Crippen LogP contribution in [0.15, 0.2) is 23.0 Å². The molecule has 5 nitrogen and oxygen atoms in total. The molecule has 1 aromatic heterocycles. The summed E-state index contributed by atoms with van der Waals surface area (Å²) < 4.78 is 1.49. The molecule has 0 atom stereocenters. The van der Waals surface area contributed by atoms with Gasteiger partial charge in [-0.15, -0.1) is 0 Å². The number of aliphatic carboxylic acids is 1. The lowest BCUT2D eigenvalue weighted by Crippen LogP contribution is -2.11. The van der Waals surface area contributed by atoms with E-state index in [9.17, 15) is 9.59 Å². The number of hydrogen-bond donors (Lipinski definition) is 2. The third-order valence-electron chi connectivity index (χ3n) is 2.32. The van der Waals surface area contributed by atoms with E-state index in [-0.39, 0.29) is 12.1 Å². The van der Waals surface area contributed by atoms with Gasteiger partial charge in [-0.05, 0) is 17.7 Å². The number of nitrogens with zero attached hydrogens (tertiary/aromatic N) is 1. The molecular weight excluding hydrogens is 196 g/mol. The van der Waals surface area contributed by atoms with Crippen LogP contribution in [0.1, 0.15) is 5.56 Å². The SMILES string of the molecule is Cn1c(=O)[nH]c2cc(CC(=O)O)ccc21. The van der Waals surface area contributed by atoms with Crippen LogP contribution in [0, 0.1) is 0 Å². The number of nitrogens with one attached hydrogen (secondary N) is 1. The second-order valence-corrected chi connectivity index (χ2v) is 3.41.